The molecule has 1 N–H and O–H groups in total. The standard InChI is InChI=1S/C11H11NO/c13-11-8-4-7-10(12-11)9-5-2-1-3-6-9/h1-6,8,10H,7H2,(H,12,13)/t10-/m0/s1. The highest BCUT2D eigenvalue weighted by molar-refractivity contribution is 5.88. The number of amides is 1. The normalized spacial score (nSPS) is 21.2. The SMILES string of the molecule is O=C1C=CC[C@@H](c2ccccc2)N1. The molecule has 1 heterocycles. The molecule has 66 valence electrons. The summed E-state index contributed by atoms with van der Waals surface area (Å²) in [7, 11) is 0. The average Bonchev–Trinajstić information content (AvgIpc) is 2.19. The minimum absolute atomic E-state index is 0.0000954. The number of hydrogen-bond donors (Lipinski definition) is 1. The Kier molecular flexibility index (Phi) is 2.13. The summed E-state index contributed by atoms with van der Waals surface area (Å²) in [4.78, 5) is 11.0. The molecule has 1 aromatic rings. The third kappa shape index (κ3) is 1.78. The van der Waals surface area contributed by atoms with Crippen molar-refractivity contribution in [1.29, 1.82) is 0 Å². The van der Waals surface area contributed by atoms with E-state index >= 15 is 0 Å². The van der Waals surface area contributed by atoms with E-state index in [1.165, 1.54) is 5.56 Å². The van der Waals surface area contributed by atoms with Crippen LogP contribution in [0.1, 0.15) is 18.0 Å². The van der Waals surface area contributed by atoms with Crippen molar-refractivity contribution in [3.05, 3.63) is 48.0 Å². The van der Waals surface area contributed by atoms with E-state index < -0.39 is 0 Å². The lowest BCUT2D eigenvalue weighted by atomic mass is 10.0. The molecule has 2 nitrogen and oxygen atoms in total. The second-order valence-electron chi connectivity index (χ2n) is 3.11. The van der Waals surface area contributed by atoms with Crippen molar-refractivity contribution >= 4 is 5.91 Å². The summed E-state index contributed by atoms with van der Waals surface area (Å²) in [5.74, 6) is 0.0000954. The van der Waals surface area contributed by atoms with Crippen molar-refractivity contribution in [3.63, 3.8) is 0 Å². The van der Waals surface area contributed by atoms with Gasteiger partial charge in [0.05, 0.1) is 6.04 Å². The molecule has 1 amide bonds. The van der Waals surface area contributed by atoms with Crippen LogP contribution in [0.5, 0.6) is 0 Å². The molecule has 0 saturated heterocycles. The minimum atomic E-state index is 0.0000954. The van der Waals surface area contributed by atoms with Crippen LogP contribution in [-0.2, 0) is 4.79 Å². The molecular weight excluding hydrogens is 162 g/mol. The lowest BCUT2D eigenvalue weighted by molar-refractivity contribution is -0.117. The van der Waals surface area contributed by atoms with Crippen LogP contribution in [0.25, 0.3) is 0 Å². The molecule has 1 atom stereocenters. The Labute approximate surface area is 77.3 Å². The second-order valence-corrected chi connectivity index (χ2v) is 3.11. The molecule has 0 saturated carbocycles. The van der Waals surface area contributed by atoms with Gasteiger partial charge in [0.1, 0.15) is 0 Å². The molecule has 0 bridgehead atoms. The maximum atomic E-state index is 11.0. The minimum Gasteiger partial charge on any atom is -0.345 e. The maximum Gasteiger partial charge on any atom is 0.244 e. The maximum absolute atomic E-state index is 11.0. The van der Waals surface area contributed by atoms with Gasteiger partial charge in [-0.25, -0.2) is 0 Å². The lowest BCUT2D eigenvalue weighted by Crippen LogP contribution is -2.29. The summed E-state index contributed by atoms with van der Waals surface area (Å²) in [5.41, 5.74) is 1.17. The predicted octanol–water partition coefficient (Wildman–Crippen LogP) is 1.80. The molecule has 0 spiro atoms. The Morgan fingerprint density at radius 1 is 1.23 bits per heavy atom. The summed E-state index contributed by atoms with van der Waals surface area (Å²) in [6.45, 7) is 0. The summed E-state index contributed by atoms with van der Waals surface area (Å²) in [6.07, 6.45) is 4.38. The lowest BCUT2D eigenvalue weighted by Gasteiger charge is -2.19. The van der Waals surface area contributed by atoms with Crippen LogP contribution in [0, 0.1) is 0 Å². The smallest absolute Gasteiger partial charge is 0.244 e. The van der Waals surface area contributed by atoms with Gasteiger partial charge < -0.3 is 5.32 Å². The molecule has 1 aromatic carbocycles. The van der Waals surface area contributed by atoms with Gasteiger partial charge in [-0.1, -0.05) is 36.4 Å². The van der Waals surface area contributed by atoms with Gasteiger partial charge in [0.15, 0.2) is 0 Å². The van der Waals surface area contributed by atoms with Crippen LogP contribution < -0.4 is 5.32 Å². The van der Waals surface area contributed by atoms with Crippen molar-refractivity contribution in [2.24, 2.45) is 0 Å². The molecule has 0 unspecified atom stereocenters. The first kappa shape index (κ1) is 8.05. The van der Waals surface area contributed by atoms with Crippen LogP contribution >= 0.6 is 0 Å². The largest absolute Gasteiger partial charge is 0.345 e. The molecule has 0 fully saturated rings. The van der Waals surface area contributed by atoms with Crippen LogP contribution in [0.4, 0.5) is 0 Å². The average molecular weight is 173 g/mol. The number of carbonyl (C=O) groups is 1. The number of benzene rings is 1. The number of rotatable bonds is 1. The van der Waals surface area contributed by atoms with Gasteiger partial charge in [-0.05, 0) is 18.1 Å². The van der Waals surface area contributed by atoms with E-state index in [0.717, 1.165) is 6.42 Å². The zero-order valence-electron chi connectivity index (χ0n) is 7.23. The van der Waals surface area contributed by atoms with Gasteiger partial charge in [0.25, 0.3) is 0 Å². The number of hydrogen-bond acceptors (Lipinski definition) is 1. The van der Waals surface area contributed by atoms with Crippen molar-refractivity contribution in [1.82, 2.24) is 5.32 Å². The van der Waals surface area contributed by atoms with Gasteiger partial charge in [-0.2, -0.15) is 0 Å². The highest BCUT2D eigenvalue weighted by Crippen LogP contribution is 2.18. The molecule has 0 radical (unpaired) electrons. The van der Waals surface area contributed by atoms with Crippen molar-refractivity contribution in [3.8, 4) is 0 Å². The molecule has 1 aliphatic heterocycles. The molecule has 1 aliphatic rings. The van der Waals surface area contributed by atoms with E-state index in [9.17, 15) is 4.79 Å². The fourth-order valence-corrected chi connectivity index (χ4v) is 1.49. The van der Waals surface area contributed by atoms with Gasteiger partial charge in [-0.3, -0.25) is 4.79 Å². The second kappa shape index (κ2) is 3.44. The zero-order valence-corrected chi connectivity index (χ0v) is 7.23. The van der Waals surface area contributed by atoms with E-state index in [1.54, 1.807) is 6.08 Å². The summed E-state index contributed by atoms with van der Waals surface area (Å²) in [6, 6.07) is 10.2. The summed E-state index contributed by atoms with van der Waals surface area (Å²) < 4.78 is 0. The molecule has 2 heteroatoms. The van der Waals surface area contributed by atoms with E-state index in [-0.39, 0.29) is 11.9 Å². The first-order chi connectivity index (χ1) is 6.36. The summed E-state index contributed by atoms with van der Waals surface area (Å²) >= 11 is 0. The predicted molar refractivity (Wildman–Crippen MR) is 51.1 cm³/mol. The first-order valence-corrected chi connectivity index (χ1v) is 4.38. The van der Waals surface area contributed by atoms with Gasteiger partial charge in [0, 0.05) is 0 Å². The van der Waals surface area contributed by atoms with Crippen LogP contribution in [0.15, 0.2) is 42.5 Å². The van der Waals surface area contributed by atoms with Crippen LogP contribution in [0.3, 0.4) is 0 Å². The van der Waals surface area contributed by atoms with Crippen LogP contribution in [-0.4, -0.2) is 5.91 Å². The van der Waals surface area contributed by atoms with E-state index in [2.05, 4.69) is 5.32 Å². The van der Waals surface area contributed by atoms with Crippen molar-refractivity contribution < 1.29 is 4.79 Å². The molecule has 0 aliphatic carbocycles. The molecule has 0 aromatic heterocycles. The first-order valence-electron chi connectivity index (χ1n) is 4.38. The fraction of sp³-hybridized carbons (Fsp3) is 0.182. The van der Waals surface area contributed by atoms with Gasteiger partial charge in [-0.15, -0.1) is 0 Å². The van der Waals surface area contributed by atoms with E-state index in [0.29, 0.717) is 0 Å². The van der Waals surface area contributed by atoms with Gasteiger partial charge in [0.2, 0.25) is 5.91 Å². The number of nitrogens with one attached hydrogen (secondary N) is 1. The highest BCUT2D eigenvalue weighted by atomic mass is 16.1. The Morgan fingerprint density at radius 3 is 2.69 bits per heavy atom. The van der Waals surface area contributed by atoms with E-state index in [4.69, 9.17) is 0 Å². The van der Waals surface area contributed by atoms with E-state index in [1.807, 2.05) is 36.4 Å². The third-order valence-electron chi connectivity index (χ3n) is 2.16. The highest BCUT2D eigenvalue weighted by Gasteiger charge is 2.14. The fourth-order valence-electron chi connectivity index (χ4n) is 1.49. The molecule has 13 heavy (non-hydrogen) atoms. The molecular formula is C11H11NO. The van der Waals surface area contributed by atoms with Crippen molar-refractivity contribution in [2.75, 3.05) is 0 Å². The zero-order chi connectivity index (χ0) is 9.10. The monoisotopic (exact) mass is 173 g/mol. The third-order valence-corrected chi connectivity index (χ3v) is 2.16. The molecule has 2 rings (SSSR count). The van der Waals surface area contributed by atoms with Crippen LogP contribution in [0.2, 0.25) is 0 Å². The van der Waals surface area contributed by atoms with Gasteiger partial charge >= 0.3 is 0 Å². The summed E-state index contributed by atoms with van der Waals surface area (Å²) in [5, 5.41) is 2.91. The Hall–Kier alpha value is -1.57. The number of carbonyl (C=O) groups excluding carboxylic acids is 1. The Morgan fingerprint density at radius 2 is 2.00 bits per heavy atom. The quantitative estimate of drug-likeness (QED) is 0.689. The Bertz CT molecular complexity index is 329. The topological polar surface area (TPSA) is 29.1 Å². The van der Waals surface area contributed by atoms with Crippen molar-refractivity contribution in [2.45, 2.75) is 12.5 Å². The Balaban J connectivity index is 2.19.